The van der Waals surface area contributed by atoms with Crippen molar-refractivity contribution in [3.63, 3.8) is 0 Å². The maximum Gasteiger partial charge on any atom is 0.266 e. The van der Waals surface area contributed by atoms with Gasteiger partial charge in [0.1, 0.15) is 11.5 Å². The number of fused-ring (bicyclic) bond motifs is 1. The van der Waals surface area contributed by atoms with Gasteiger partial charge < -0.3 is 9.47 Å². The Morgan fingerprint density at radius 1 is 1.17 bits per heavy atom. The van der Waals surface area contributed by atoms with Crippen LogP contribution in [-0.2, 0) is 4.79 Å². The Balaban J connectivity index is 1.65. The average Bonchev–Trinajstić information content (AvgIpc) is 2.96. The lowest BCUT2D eigenvalue weighted by molar-refractivity contribution is -0.122. The largest absolute Gasteiger partial charge is 0.497 e. The molecule has 0 saturated carbocycles. The van der Waals surface area contributed by atoms with Crippen LogP contribution in [0.4, 0.5) is 5.13 Å². The molecule has 1 amide bonds. The molecule has 1 unspecified atom stereocenters. The van der Waals surface area contributed by atoms with Crippen molar-refractivity contribution in [2.75, 3.05) is 12.4 Å². The minimum atomic E-state index is -0.632. The fraction of sp³-hybridized carbons (Fsp3) is 0.222. The first-order valence-corrected chi connectivity index (χ1v) is 8.35. The van der Waals surface area contributed by atoms with Gasteiger partial charge in [-0.2, -0.15) is 0 Å². The molecule has 0 aliphatic carbocycles. The number of anilines is 1. The number of aryl methyl sites for hydroxylation is 1. The van der Waals surface area contributed by atoms with Gasteiger partial charge in [-0.1, -0.05) is 17.4 Å². The molecule has 2 aromatic carbocycles. The maximum absolute atomic E-state index is 12.3. The van der Waals surface area contributed by atoms with Crippen LogP contribution < -0.4 is 14.8 Å². The molecule has 0 aliphatic rings. The third-order valence-corrected chi connectivity index (χ3v) is 4.45. The highest BCUT2D eigenvalue weighted by Gasteiger charge is 2.17. The predicted molar refractivity (Wildman–Crippen MR) is 96.1 cm³/mol. The minimum Gasteiger partial charge on any atom is -0.497 e. The fourth-order valence-electron chi connectivity index (χ4n) is 2.20. The van der Waals surface area contributed by atoms with Gasteiger partial charge in [-0.25, -0.2) is 4.98 Å². The Kier molecular flexibility index (Phi) is 4.66. The highest BCUT2D eigenvalue weighted by molar-refractivity contribution is 7.22. The molecule has 0 spiro atoms. The first-order chi connectivity index (χ1) is 11.5. The summed E-state index contributed by atoms with van der Waals surface area (Å²) in [6.07, 6.45) is -0.632. The summed E-state index contributed by atoms with van der Waals surface area (Å²) >= 11 is 1.45. The second-order valence-corrected chi connectivity index (χ2v) is 6.45. The zero-order valence-electron chi connectivity index (χ0n) is 13.7. The number of aromatic nitrogens is 1. The van der Waals surface area contributed by atoms with Crippen molar-refractivity contribution in [1.82, 2.24) is 4.98 Å². The summed E-state index contributed by atoms with van der Waals surface area (Å²) in [6.45, 7) is 3.74. The monoisotopic (exact) mass is 342 g/mol. The van der Waals surface area contributed by atoms with Crippen LogP contribution in [0, 0.1) is 6.92 Å². The third kappa shape index (κ3) is 3.65. The molecule has 5 nitrogen and oxygen atoms in total. The number of thiazole rings is 1. The van der Waals surface area contributed by atoms with E-state index in [0.29, 0.717) is 10.9 Å². The van der Waals surface area contributed by atoms with Crippen molar-refractivity contribution in [3.8, 4) is 11.5 Å². The van der Waals surface area contributed by atoms with Gasteiger partial charge in [-0.15, -0.1) is 0 Å². The van der Waals surface area contributed by atoms with Crippen LogP contribution in [0.1, 0.15) is 12.5 Å². The van der Waals surface area contributed by atoms with Gasteiger partial charge in [0.15, 0.2) is 11.2 Å². The molecule has 0 radical (unpaired) electrons. The van der Waals surface area contributed by atoms with Crippen molar-refractivity contribution < 1.29 is 14.3 Å². The van der Waals surface area contributed by atoms with Crippen LogP contribution in [0.5, 0.6) is 11.5 Å². The van der Waals surface area contributed by atoms with Crippen LogP contribution in [0.25, 0.3) is 10.2 Å². The van der Waals surface area contributed by atoms with Crippen LogP contribution in [0.2, 0.25) is 0 Å². The molecule has 0 saturated heterocycles. The predicted octanol–water partition coefficient (Wildman–Crippen LogP) is 4.02. The number of hydrogen-bond donors (Lipinski definition) is 1. The normalized spacial score (nSPS) is 12.0. The summed E-state index contributed by atoms with van der Waals surface area (Å²) in [6, 6.07) is 13.1. The van der Waals surface area contributed by atoms with E-state index >= 15 is 0 Å². The third-order valence-electron chi connectivity index (χ3n) is 3.52. The van der Waals surface area contributed by atoms with Gasteiger partial charge in [0.05, 0.1) is 17.3 Å². The van der Waals surface area contributed by atoms with Gasteiger partial charge in [0, 0.05) is 0 Å². The van der Waals surface area contributed by atoms with E-state index in [4.69, 9.17) is 9.47 Å². The molecule has 0 bridgehead atoms. The molecular weight excluding hydrogens is 324 g/mol. The highest BCUT2D eigenvalue weighted by atomic mass is 32.1. The standard InChI is InChI=1S/C18H18N2O3S/c1-11-4-9-15-16(10-11)24-18(19-15)20-17(21)12(2)23-14-7-5-13(22-3)6-8-14/h4-10,12H,1-3H3,(H,19,20,21). The Labute approximate surface area is 144 Å². The lowest BCUT2D eigenvalue weighted by Crippen LogP contribution is -2.30. The van der Waals surface area contributed by atoms with E-state index in [-0.39, 0.29) is 5.91 Å². The van der Waals surface area contributed by atoms with E-state index in [0.717, 1.165) is 16.0 Å². The molecule has 1 aromatic heterocycles. The fourth-order valence-corrected chi connectivity index (χ4v) is 3.17. The summed E-state index contributed by atoms with van der Waals surface area (Å²) < 4.78 is 11.8. The average molecular weight is 342 g/mol. The van der Waals surface area contributed by atoms with Crippen molar-refractivity contribution in [2.24, 2.45) is 0 Å². The van der Waals surface area contributed by atoms with Crippen LogP contribution in [0.15, 0.2) is 42.5 Å². The van der Waals surface area contributed by atoms with E-state index in [2.05, 4.69) is 16.4 Å². The zero-order valence-corrected chi connectivity index (χ0v) is 14.5. The smallest absolute Gasteiger partial charge is 0.266 e. The first kappa shape index (κ1) is 16.3. The molecule has 0 fully saturated rings. The van der Waals surface area contributed by atoms with E-state index in [1.165, 1.54) is 16.9 Å². The van der Waals surface area contributed by atoms with Crippen LogP contribution >= 0.6 is 11.3 Å². The lowest BCUT2D eigenvalue weighted by atomic mass is 10.2. The Morgan fingerprint density at radius 3 is 2.58 bits per heavy atom. The van der Waals surface area contributed by atoms with Gasteiger partial charge in [-0.05, 0) is 55.8 Å². The summed E-state index contributed by atoms with van der Waals surface area (Å²) in [4.78, 5) is 16.7. The SMILES string of the molecule is COc1ccc(OC(C)C(=O)Nc2nc3ccc(C)cc3s2)cc1. The summed E-state index contributed by atoms with van der Waals surface area (Å²) in [5, 5.41) is 3.39. The minimum absolute atomic E-state index is 0.235. The Hall–Kier alpha value is -2.60. The van der Waals surface area contributed by atoms with E-state index < -0.39 is 6.10 Å². The highest BCUT2D eigenvalue weighted by Crippen LogP contribution is 2.27. The van der Waals surface area contributed by atoms with Crippen molar-refractivity contribution in [1.29, 1.82) is 0 Å². The Morgan fingerprint density at radius 2 is 1.88 bits per heavy atom. The lowest BCUT2D eigenvalue weighted by Gasteiger charge is -2.13. The van der Waals surface area contributed by atoms with E-state index in [9.17, 15) is 4.79 Å². The number of amides is 1. The summed E-state index contributed by atoms with van der Waals surface area (Å²) in [5.74, 6) is 1.11. The topological polar surface area (TPSA) is 60.5 Å². The van der Waals surface area contributed by atoms with Crippen LogP contribution in [-0.4, -0.2) is 24.1 Å². The number of methoxy groups -OCH3 is 1. The number of benzene rings is 2. The first-order valence-electron chi connectivity index (χ1n) is 7.54. The number of carbonyl (C=O) groups excluding carboxylic acids is 1. The van der Waals surface area contributed by atoms with Gasteiger partial charge >= 0.3 is 0 Å². The summed E-state index contributed by atoms with van der Waals surface area (Å²) in [7, 11) is 1.60. The van der Waals surface area contributed by atoms with Gasteiger partial charge in [0.2, 0.25) is 0 Å². The molecular formula is C18H18N2O3S. The van der Waals surface area contributed by atoms with Gasteiger partial charge in [0.25, 0.3) is 5.91 Å². The van der Waals surface area contributed by atoms with Gasteiger partial charge in [-0.3, -0.25) is 10.1 Å². The molecule has 3 aromatic rings. The van der Waals surface area contributed by atoms with Crippen LogP contribution in [0.3, 0.4) is 0 Å². The molecule has 124 valence electrons. The number of hydrogen-bond acceptors (Lipinski definition) is 5. The van der Waals surface area contributed by atoms with Crippen molar-refractivity contribution >= 4 is 32.6 Å². The zero-order chi connectivity index (χ0) is 17.1. The van der Waals surface area contributed by atoms with Crippen molar-refractivity contribution in [3.05, 3.63) is 48.0 Å². The number of rotatable bonds is 5. The number of ether oxygens (including phenoxy) is 2. The number of carbonyl (C=O) groups is 1. The molecule has 1 atom stereocenters. The number of nitrogens with one attached hydrogen (secondary N) is 1. The van der Waals surface area contributed by atoms with Crippen molar-refractivity contribution in [2.45, 2.75) is 20.0 Å². The molecule has 0 aliphatic heterocycles. The molecule has 3 rings (SSSR count). The van der Waals surface area contributed by atoms with E-state index in [1.807, 2.05) is 19.1 Å². The summed E-state index contributed by atoms with van der Waals surface area (Å²) in [5.41, 5.74) is 2.05. The Bertz CT molecular complexity index is 858. The molecule has 24 heavy (non-hydrogen) atoms. The number of nitrogens with zero attached hydrogens (tertiary/aromatic N) is 1. The second-order valence-electron chi connectivity index (χ2n) is 5.42. The molecule has 1 N–H and O–H groups in total. The molecule has 6 heteroatoms. The quantitative estimate of drug-likeness (QED) is 0.761. The molecule has 1 heterocycles. The maximum atomic E-state index is 12.3. The van der Waals surface area contributed by atoms with E-state index in [1.54, 1.807) is 38.3 Å². The second kappa shape index (κ2) is 6.88.